The molecule has 0 aromatic heterocycles. The number of carbonyl (C=O) groups is 1. The van der Waals surface area contributed by atoms with Crippen molar-refractivity contribution in [1.29, 1.82) is 0 Å². The highest BCUT2D eigenvalue weighted by Crippen LogP contribution is 2.32. The number of ether oxygens (including phenoxy) is 1. The molecule has 1 saturated heterocycles. The van der Waals surface area contributed by atoms with Gasteiger partial charge in [0.25, 0.3) is 5.91 Å². The normalized spacial score (nSPS) is 18.3. The zero-order valence-corrected chi connectivity index (χ0v) is 16.4. The molecular formula is C20H21ClN2O2S. The van der Waals surface area contributed by atoms with Gasteiger partial charge in [-0.3, -0.25) is 4.79 Å². The van der Waals surface area contributed by atoms with Crippen LogP contribution in [0.4, 0.5) is 5.69 Å². The van der Waals surface area contributed by atoms with Crippen LogP contribution >= 0.6 is 23.4 Å². The Bertz CT molecular complexity index is 834. The Morgan fingerprint density at radius 1 is 1.23 bits per heavy atom. The number of hydrogen-bond donors (Lipinski definition) is 2. The Kier molecular flexibility index (Phi) is 5.79. The molecule has 4 nitrogen and oxygen atoms in total. The quantitative estimate of drug-likeness (QED) is 0.705. The van der Waals surface area contributed by atoms with Gasteiger partial charge >= 0.3 is 0 Å². The standard InChI is InChI=1S/C20H21ClN2O2S/c1-12(2)25-16-8-5-14(6-9-16)10-18-19(24)23-20(26-18)22-17-11-15(21)7-4-13(17)3/h4-12,20,22H,1-3H3,(H,23,24)/b18-10-. The highest BCUT2D eigenvalue weighted by Gasteiger charge is 2.27. The molecule has 2 aromatic rings. The van der Waals surface area contributed by atoms with Crippen LogP contribution in [0.1, 0.15) is 25.0 Å². The monoisotopic (exact) mass is 388 g/mol. The maximum atomic E-state index is 12.3. The maximum absolute atomic E-state index is 12.3. The Balaban J connectivity index is 1.69. The molecule has 1 aliphatic heterocycles. The van der Waals surface area contributed by atoms with Crippen LogP contribution in [-0.4, -0.2) is 17.5 Å². The molecule has 1 atom stereocenters. The number of nitrogens with one attached hydrogen (secondary N) is 2. The van der Waals surface area contributed by atoms with Gasteiger partial charge in [-0.1, -0.05) is 41.6 Å². The van der Waals surface area contributed by atoms with Crippen molar-refractivity contribution in [3.05, 3.63) is 63.5 Å². The van der Waals surface area contributed by atoms with Crippen LogP contribution in [-0.2, 0) is 4.79 Å². The van der Waals surface area contributed by atoms with Gasteiger partial charge in [0.2, 0.25) is 0 Å². The molecule has 2 N–H and O–H groups in total. The fraction of sp³-hybridized carbons (Fsp3) is 0.250. The topological polar surface area (TPSA) is 50.4 Å². The first-order chi connectivity index (χ1) is 12.4. The molecule has 0 saturated carbocycles. The van der Waals surface area contributed by atoms with Crippen LogP contribution < -0.4 is 15.4 Å². The molecular weight excluding hydrogens is 368 g/mol. The second-order valence-electron chi connectivity index (χ2n) is 6.32. The van der Waals surface area contributed by atoms with E-state index in [9.17, 15) is 4.79 Å². The summed E-state index contributed by atoms with van der Waals surface area (Å²) in [5.74, 6) is 0.733. The van der Waals surface area contributed by atoms with Gasteiger partial charge in [0.1, 0.15) is 5.75 Å². The summed E-state index contributed by atoms with van der Waals surface area (Å²) < 4.78 is 5.64. The molecule has 1 heterocycles. The third-order valence-corrected chi connectivity index (χ3v) is 5.03. The molecule has 0 radical (unpaired) electrons. The van der Waals surface area contributed by atoms with Crippen LogP contribution in [0.2, 0.25) is 5.02 Å². The van der Waals surface area contributed by atoms with Crippen LogP contribution in [0.3, 0.4) is 0 Å². The fourth-order valence-electron chi connectivity index (χ4n) is 2.52. The Labute approximate surface area is 163 Å². The zero-order valence-electron chi connectivity index (χ0n) is 14.9. The average Bonchev–Trinajstić information content (AvgIpc) is 2.92. The molecule has 6 heteroatoms. The second kappa shape index (κ2) is 8.06. The van der Waals surface area contributed by atoms with E-state index in [0.717, 1.165) is 22.6 Å². The van der Waals surface area contributed by atoms with Crippen molar-refractivity contribution in [2.75, 3.05) is 5.32 Å². The van der Waals surface area contributed by atoms with Gasteiger partial charge in [-0.25, -0.2) is 0 Å². The third-order valence-electron chi connectivity index (χ3n) is 3.77. The number of amides is 1. The molecule has 1 amide bonds. The molecule has 1 unspecified atom stereocenters. The number of rotatable bonds is 5. The lowest BCUT2D eigenvalue weighted by molar-refractivity contribution is -0.116. The summed E-state index contributed by atoms with van der Waals surface area (Å²) in [5, 5.41) is 6.91. The fourth-order valence-corrected chi connectivity index (χ4v) is 3.67. The van der Waals surface area contributed by atoms with Gasteiger partial charge in [-0.2, -0.15) is 0 Å². The summed E-state index contributed by atoms with van der Waals surface area (Å²) in [4.78, 5) is 12.9. The summed E-state index contributed by atoms with van der Waals surface area (Å²) in [6.07, 6.45) is 2.02. The van der Waals surface area contributed by atoms with Gasteiger partial charge in [0.05, 0.1) is 11.0 Å². The van der Waals surface area contributed by atoms with Crippen molar-refractivity contribution in [3.63, 3.8) is 0 Å². The van der Waals surface area contributed by atoms with E-state index in [2.05, 4.69) is 10.6 Å². The summed E-state index contributed by atoms with van der Waals surface area (Å²) >= 11 is 7.51. The lowest BCUT2D eigenvalue weighted by Crippen LogP contribution is -2.31. The minimum absolute atomic E-state index is 0.0883. The number of anilines is 1. The van der Waals surface area contributed by atoms with Gasteiger partial charge in [-0.15, -0.1) is 0 Å². The maximum Gasteiger partial charge on any atom is 0.260 e. The first kappa shape index (κ1) is 18.7. The van der Waals surface area contributed by atoms with E-state index in [1.54, 1.807) is 0 Å². The Hall–Kier alpha value is -2.11. The van der Waals surface area contributed by atoms with Crippen molar-refractivity contribution in [3.8, 4) is 5.75 Å². The van der Waals surface area contributed by atoms with Gasteiger partial charge in [0, 0.05) is 10.7 Å². The lowest BCUT2D eigenvalue weighted by atomic mass is 10.2. The summed E-state index contributed by atoms with van der Waals surface area (Å²) in [6.45, 7) is 5.98. The molecule has 0 aliphatic carbocycles. The number of halogens is 1. The van der Waals surface area contributed by atoms with Gasteiger partial charge in [-0.05, 0) is 62.2 Å². The van der Waals surface area contributed by atoms with E-state index in [4.69, 9.17) is 16.3 Å². The molecule has 2 aromatic carbocycles. The number of thioether (sulfide) groups is 1. The van der Waals surface area contributed by atoms with Crippen LogP contribution in [0.5, 0.6) is 5.75 Å². The molecule has 1 aliphatic rings. The van der Waals surface area contributed by atoms with Crippen LogP contribution in [0.15, 0.2) is 47.4 Å². The largest absolute Gasteiger partial charge is 0.491 e. The van der Waals surface area contributed by atoms with Crippen LogP contribution in [0, 0.1) is 6.92 Å². The van der Waals surface area contributed by atoms with E-state index in [1.165, 1.54) is 11.8 Å². The number of hydrogen-bond acceptors (Lipinski definition) is 4. The van der Waals surface area contributed by atoms with E-state index < -0.39 is 0 Å². The molecule has 26 heavy (non-hydrogen) atoms. The van der Waals surface area contributed by atoms with Gasteiger partial charge < -0.3 is 15.4 Å². The molecule has 3 rings (SSSR count). The van der Waals surface area contributed by atoms with E-state index in [-0.39, 0.29) is 17.5 Å². The number of aryl methyl sites for hydroxylation is 1. The molecule has 0 spiro atoms. The average molecular weight is 389 g/mol. The summed E-state index contributed by atoms with van der Waals surface area (Å²) in [6, 6.07) is 13.4. The predicted molar refractivity (Wildman–Crippen MR) is 110 cm³/mol. The van der Waals surface area contributed by atoms with E-state index in [0.29, 0.717) is 9.93 Å². The van der Waals surface area contributed by atoms with Crippen molar-refractivity contribution < 1.29 is 9.53 Å². The SMILES string of the molecule is Cc1ccc(Cl)cc1NC1NC(=O)/C(=C/c2ccc(OC(C)C)cc2)S1. The molecule has 136 valence electrons. The van der Waals surface area contributed by atoms with Crippen molar-refractivity contribution in [1.82, 2.24) is 5.32 Å². The predicted octanol–water partition coefficient (Wildman–Crippen LogP) is 5.04. The molecule has 1 fully saturated rings. The lowest BCUT2D eigenvalue weighted by Gasteiger charge is -2.15. The highest BCUT2D eigenvalue weighted by atomic mass is 35.5. The van der Waals surface area contributed by atoms with Gasteiger partial charge in [0.15, 0.2) is 5.50 Å². The second-order valence-corrected chi connectivity index (χ2v) is 7.90. The van der Waals surface area contributed by atoms with E-state index in [1.807, 2.05) is 69.3 Å². The zero-order chi connectivity index (χ0) is 18.7. The van der Waals surface area contributed by atoms with Crippen molar-refractivity contribution in [2.24, 2.45) is 0 Å². The summed E-state index contributed by atoms with van der Waals surface area (Å²) in [5.41, 5.74) is 2.71. The first-order valence-corrected chi connectivity index (χ1v) is 9.65. The minimum Gasteiger partial charge on any atom is -0.491 e. The number of benzene rings is 2. The Morgan fingerprint density at radius 3 is 2.65 bits per heavy atom. The van der Waals surface area contributed by atoms with Crippen molar-refractivity contribution >= 4 is 41.0 Å². The van der Waals surface area contributed by atoms with E-state index >= 15 is 0 Å². The summed E-state index contributed by atoms with van der Waals surface area (Å²) in [7, 11) is 0. The first-order valence-electron chi connectivity index (χ1n) is 8.39. The smallest absolute Gasteiger partial charge is 0.260 e. The third kappa shape index (κ3) is 4.74. The minimum atomic E-state index is -0.227. The highest BCUT2D eigenvalue weighted by molar-refractivity contribution is 8.05. The van der Waals surface area contributed by atoms with Crippen LogP contribution in [0.25, 0.3) is 6.08 Å². The molecule has 0 bridgehead atoms. The van der Waals surface area contributed by atoms with Crippen molar-refractivity contribution in [2.45, 2.75) is 32.4 Å². The number of carbonyl (C=O) groups excluding carboxylic acids is 1. The Morgan fingerprint density at radius 2 is 1.96 bits per heavy atom.